The highest BCUT2D eigenvalue weighted by atomic mass is 32.2. The topological polar surface area (TPSA) is 106 Å². The lowest BCUT2D eigenvalue weighted by Gasteiger charge is -2.34. The summed E-state index contributed by atoms with van der Waals surface area (Å²) in [5.74, 6) is -5.85. The van der Waals surface area contributed by atoms with Gasteiger partial charge in [-0.3, -0.25) is 15.0 Å². The van der Waals surface area contributed by atoms with E-state index < -0.39 is 45.4 Å². The maximum Gasteiger partial charge on any atom is 0.453 e. The summed E-state index contributed by atoms with van der Waals surface area (Å²) in [6, 6.07) is 8.18. The van der Waals surface area contributed by atoms with Gasteiger partial charge in [-0.25, -0.2) is 13.9 Å². The maximum atomic E-state index is 13.2. The largest absolute Gasteiger partial charge is 0.453 e. The summed E-state index contributed by atoms with van der Waals surface area (Å²) in [4.78, 5) is 16.2. The number of rotatable bonds is 7. The lowest BCUT2D eigenvalue weighted by atomic mass is 9.98. The van der Waals surface area contributed by atoms with Gasteiger partial charge in [0.25, 0.3) is 5.91 Å². The van der Waals surface area contributed by atoms with Crippen molar-refractivity contribution in [3.8, 4) is 11.3 Å². The molecule has 0 saturated carbocycles. The van der Waals surface area contributed by atoms with Crippen LogP contribution >= 0.6 is 0 Å². The second-order valence-corrected chi connectivity index (χ2v) is 10.1. The first-order chi connectivity index (χ1) is 15.8. The smallest absolute Gasteiger partial charge is 0.381 e. The van der Waals surface area contributed by atoms with Gasteiger partial charge in [0.1, 0.15) is 0 Å². The van der Waals surface area contributed by atoms with E-state index in [1.165, 1.54) is 48.1 Å². The Kier molecular flexibility index (Phi) is 7.29. The third-order valence-electron chi connectivity index (χ3n) is 5.76. The van der Waals surface area contributed by atoms with Crippen molar-refractivity contribution in [2.24, 2.45) is 0 Å². The fourth-order valence-electron chi connectivity index (χ4n) is 3.64. The van der Waals surface area contributed by atoms with Gasteiger partial charge in [-0.2, -0.15) is 22.0 Å². The molecule has 1 amide bonds. The standard InChI is InChI=1S/C21H21F5N2O5S/c22-20(23,21(24,25)26)8-7-14-1-6-17(27-13-14)15-2-4-16(5-3-15)34(31,32)19(18(29)28-30)9-11-33-12-10-19/h1-6,13,30H,7-12H2,(H,28,29). The van der Waals surface area contributed by atoms with Crippen LogP contribution < -0.4 is 5.48 Å². The summed E-state index contributed by atoms with van der Waals surface area (Å²) in [7, 11) is -4.21. The third-order valence-corrected chi connectivity index (χ3v) is 8.27. The van der Waals surface area contributed by atoms with Crippen molar-refractivity contribution in [1.82, 2.24) is 10.5 Å². The second kappa shape index (κ2) is 9.55. The molecule has 1 fully saturated rings. The summed E-state index contributed by atoms with van der Waals surface area (Å²) in [5, 5.41) is 9.09. The normalized spacial score (nSPS) is 16.8. The van der Waals surface area contributed by atoms with Crippen molar-refractivity contribution in [3.63, 3.8) is 0 Å². The fraction of sp³-hybridized carbons (Fsp3) is 0.429. The quantitative estimate of drug-likeness (QED) is 0.336. The number of halogens is 5. The van der Waals surface area contributed by atoms with Gasteiger partial charge in [-0.05, 0) is 43.0 Å². The summed E-state index contributed by atoms with van der Waals surface area (Å²) in [6.07, 6.45) is -6.66. The summed E-state index contributed by atoms with van der Waals surface area (Å²) in [6.45, 7) is 0.0474. The molecule has 1 saturated heterocycles. The number of nitrogens with one attached hydrogen (secondary N) is 1. The average Bonchev–Trinajstić information content (AvgIpc) is 2.82. The van der Waals surface area contributed by atoms with E-state index in [1.54, 1.807) is 0 Å². The Morgan fingerprint density at radius 2 is 1.68 bits per heavy atom. The van der Waals surface area contributed by atoms with Crippen LogP contribution in [0.4, 0.5) is 22.0 Å². The summed E-state index contributed by atoms with van der Waals surface area (Å²) < 4.78 is 92.8. The number of sulfone groups is 1. The lowest BCUT2D eigenvalue weighted by molar-refractivity contribution is -0.284. The van der Waals surface area contributed by atoms with Gasteiger partial charge in [0.2, 0.25) is 0 Å². The van der Waals surface area contributed by atoms with Crippen molar-refractivity contribution < 1.29 is 45.1 Å². The van der Waals surface area contributed by atoms with Crippen LogP contribution in [0, 0.1) is 0 Å². The molecule has 7 nitrogen and oxygen atoms in total. The molecular formula is C21H21F5N2O5S. The lowest BCUT2D eigenvalue weighted by Crippen LogP contribution is -2.54. The van der Waals surface area contributed by atoms with Gasteiger partial charge in [0, 0.05) is 31.4 Å². The number of ether oxygens (including phenoxy) is 1. The molecule has 13 heteroatoms. The highest BCUT2D eigenvalue weighted by Gasteiger charge is 2.56. The number of carbonyl (C=O) groups is 1. The SMILES string of the molecule is O=C(NO)C1(S(=O)(=O)c2ccc(-c3ccc(CCC(F)(F)C(F)(F)F)cn3)cc2)CCOCC1. The first-order valence-corrected chi connectivity index (χ1v) is 11.6. The molecule has 2 N–H and O–H groups in total. The number of aryl methyl sites for hydroxylation is 1. The molecule has 1 aromatic carbocycles. The van der Waals surface area contributed by atoms with Gasteiger partial charge < -0.3 is 4.74 Å². The fourth-order valence-corrected chi connectivity index (χ4v) is 5.58. The predicted octanol–water partition coefficient (Wildman–Crippen LogP) is 3.71. The molecule has 2 aromatic rings. The number of amides is 1. The predicted molar refractivity (Wildman–Crippen MR) is 109 cm³/mol. The van der Waals surface area contributed by atoms with E-state index in [0.717, 1.165) is 0 Å². The first-order valence-electron chi connectivity index (χ1n) is 10.1. The Morgan fingerprint density at radius 3 is 2.18 bits per heavy atom. The number of aromatic nitrogens is 1. The van der Waals surface area contributed by atoms with Gasteiger partial charge in [-0.1, -0.05) is 18.2 Å². The zero-order chi connectivity index (χ0) is 25.2. The molecule has 1 aliphatic rings. The van der Waals surface area contributed by atoms with E-state index in [0.29, 0.717) is 11.3 Å². The highest BCUT2D eigenvalue weighted by Crippen LogP contribution is 2.39. The van der Waals surface area contributed by atoms with Gasteiger partial charge >= 0.3 is 12.1 Å². The number of alkyl halides is 5. The van der Waals surface area contributed by atoms with Crippen molar-refractivity contribution in [1.29, 1.82) is 0 Å². The van der Waals surface area contributed by atoms with E-state index in [1.807, 2.05) is 0 Å². The van der Waals surface area contributed by atoms with E-state index in [4.69, 9.17) is 9.94 Å². The van der Waals surface area contributed by atoms with Crippen LogP contribution in [-0.2, 0) is 25.8 Å². The van der Waals surface area contributed by atoms with Gasteiger partial charge in [0.15, 0.2) is 14.6 Å². The molecule has 2 heterocycles. The zero-order valence-corrected chi connectivity index (χ0v) is 18.4. The first kappa shape index (κ1) is 26.0. The second-order valence-electron chi connectivity index (χ2n) is 7.83. The third kappa shape index (κ3) is 4.91. The number of nitrogens with zero attached hydrogens (tertiary/aromatic N) is 1. The van der Waals surface area contributed by atoms with Crippen molar-refractivity contribution in [2.45, 2.75) is 47.4 Å². The van der Waals surface area contributed by atoms with Crippen molar-refractivity contribution in [2.75, 3.05) is 13.2 Å². The number of hydrogen-bond acceptors (Lipinski definition) is 6. The van der Waals surface area contributed by atoms with E-state index in [9.17, 15) is 35.2 Å². The molecule has 34 heavy (non-hydrogen) atoms. The molecule has 0 aliphatic carbocycles. The minimum Gasteiger partial charge on any atom is -0.381 e. The van der Waals surface area contributed by atoms with Gasteiger partial charge in [0.05, 0.1) is 10.6 Å². The van der Waals surface area contributed by atoms with Crippen LogP contribution in [0.3, 0.4) is 0 Å². The van der Waals surface area contributed by atoms with Crippen LogP contribution in [0.25, 0.3) is 11.3 Å². The molecule has 3 rings (SSSR count). The molecular weight excluding hydrogens is 487 g/mol. The van der Waals surface area contributed by atoms with Crippen molar-refractivity contribution >= 4 is 15.7 Å². The number of hydroxylamine groups is 1. The number of pyridine rings is 1. The molecule has 0 atom stereocenters. The van der Waals surface area contributed by atoms with E-state index in [-0.39, 0.29) is 36.5 Å². The van der Waals surface area contributed by atoms with Crippen LogP contribution in [-0.4, -0.2) is 54.6 Å². The summed E-state index contributed by atoms with van der Waals surface area (Å²) >= 11 is 0. The highest BCUT2D eigenvalue weighted by molar-refractivity contribution is 7.93. The Bertz CT molecular complexity index is 1110. The average molecular weight is 508 g/mol. The molecule has 0 radical (unpaired) electrons. The van der Waals surface area contributed by atoms with Gasteiger partial charge in [-0.15, -0.1) is 0 Å². The monoisotopic (exact) mass is 508 g/mol. The number of carbonyl (C=O) groups excluding carboxylic acids is 1. The molecule has 0 spiro atoms. The minimum atomic E-state index is -5.62. The van der Waals surface area contributed by atoms with Crippen LogP contribution in [0.1, 0.15) is 24.8 Å². The number of hydrogen-bond donors (Lipinski definition) is 2. The Morgan fingerprint density at radius 1 is 1.06 bits per heavy atom. The Balaban J connectivity index is 1.78. The Labute approximate surface area is 191 Å². The number of benzene rings is 1. The molecule has 0 bridgehead atoms. The molecule has 186 valence electrons. The minimum absolute atomic E-state index is 0.0237. The summed E-state index contributed by atoms with van der Waals surface area (Å²) in [5.41, 5.74) is 2.41. The van der Waals surface area contributed by atoms with E-state index in [2.05, 4.69) is 4.98 Å². The molecule has 1 aliphatic heterocycles. The molecule has 0 unspecified atom stereocenters. The van der Waals surface area contributed by atoms with Crippen LogP contribution in [0.5, 0.6) is 0 Å². The zero-order valence-electron chi connectivity index (χ0n) is 17.6. The van der Waals surface area contributed by atoms with Crippen LogP contribution in [0.15, 0.2) is 47.5 Å². The Hall–Kier alpha value is -2.64. The van der Waals surface area contributed by atoms with Crippen LogP contribution in [0.2, 0.25) is 0 Å². The van der Waals surface area contributed by atoms with E-state index >= 15 is 0 Å². The molecule has 1 aromatic heterocycles. The maximum absolute atomic E-state index is 13.2. The van der Waals surface area contributed by atoms with Crippen molar-refractivity contribution in [3.05, 3.63) is 48.2 Å².